The minimum atomic E-state index is 0. The first-order valence-electron chi connectivity index (χ1n) is 0.144. The first kappa shape index (κ1) is 23.6. The number of rotatable bonds is 0. The van der Waals surface area contributed by atoms with Gasteiger partial charge in [0.1, 0.15) is 0 Å². The van der Waals surface area contributed by atoms with Crippen LogP contribution in [0.5, 0.6) is 0 Å². The Morgan fingerprint density at radius 3 is 1.20 bits per heavy atom. The van der Waals surface area contributed by atoms with Crippen LogP contribution in [-0.4, -0.2) is 45.5 Å². The molecule has 0 unspecified atom stereocenters. The zero-order valence-corrected chi connectivity index (χ0v) is 7.31. The molecule has 32 valence electrons. The summed E-state index contributed by atoms with van der Waals surface area (Å²) in [6.45, 7) is 0. The van der Waals surface area contributed by atoms with Crippen molar-refractivity contribution in [2.45, 2.75) is 0 Å². The monoisotopic (exact) mass is 364 g/mol. The molecule has 0 aliphatic heterocycles. The first-order chi connectivity index (χ1) is 1.00. The Bertz CT molecular complexity index is 11.6. The average molecular weight is 364 g/mol. The molecule has 0 saturated heterocycles. The van der Waals surface area contributed by atoms with Gasteiger partial charge in [0.25, 0.3) is 0 Å². The minimum absolute atomic E-state index is 0. The summed E-state index contributed by atoms with van der Waals surface area (Å²) in [5.41, 5.74) is 0. The van der Waals surface area contributed by atoms with Gasteiger partial charge >= 0.3 is 65.3 Å². The van der Waals surface area contributed by atoms with E-state index in [1.165, 1.54) is 0 Å². The molecule has 0 aromatic rings. The Morgan fingerprint density at radius 1 is 1.20 bits per heavy atom. The first-order valence-corrected chi connectivity index (χ1v) is 0.595. The van der Waals surface area contributed by atoms with Crippen molar-refractivity contribution in [1.82, 2.24) is 0 Å². The molecular formula is H2CuFeLaOSr. The third-order valence-electron chi connectivity index (χ3n) is 0. The summed E-state index contributed by atoms with van der Waals surface area (Å²) in [4.78, 5) is 0. The molecule has 0 aromatic carbocycles. The molecule has 5 heavy (non-hydrogen) atoms. The van der Waals surface area contributed by atoms with Crippen molar-refractivity contribution < 1.29 is 72.4 Å². The maximum absolute atomic E-state index is 8.00. The fraction of sp³-hybridized carbons (Fsp3) is 0. The van der Waals surface area contributed by atoms with Crippen molar-refractivity contribution in [3.05, 3.63) is 0 Å². The summed E-state index contributed by atoms with van der Waals surface area (Å²) < 4.78 is 8.00. The van der Waals surface area contributed by atoms with Crippen LogP contribution in [-0.2, 0) is 36.8 Å². The summed E-state index contributed by atoms with van der Waals surface area (Å²) in [5, 5.41) is 0. The Hall–Kier alpha value is 3.51. The SMILES string of the molecule is [Cu].[La].[O]=[Fe].[SrH2]. The molecule has 0 heterocycles. The Morgan fingerprint density at radius 2 is 1.20 bits per heavy atom. The van der Waals surface area contributed by atoms with Crippen LogP contribution >= 0.6 is 0 Å². The molecule has 0 aliphatic carbocycles. The van der Waals surface area contributed by atoms with Crippen LogP contribution < -0.4 is 0 Å². The van der Waals surface area contributed by atoms with Crippen molar-refractivity contribution in [2.75, 3.05) is 0 Å². The van der Waals surface area contributed by atoms with Gasteiger partial charge in [-0.3, -0.25) is 0 Å². The predicted octanol–water partition coefficient (Wildman–Crippen LogP) is -1.04. The van der Waals surface area contributed by atoms with E-state index in [2.05, 4.69) is 0 Å². The van der Waals surface area contributed by atoms with E-state index in [1.54, 1.807) is 0 Å². The standard InChI is InChI=1S/Cu.Fe.La.O.Sr.2H. The topological polar surface area (TPSA) is 17.1 Å². The molecule has 1 nitrogen and oxygen atoms in total. The van der Waals surface area contributed by atoms with Crippen LogP contribution in [0.15, 0.2) is 0 Å². The van der Waals surface area contributed by atoms with Gasteiger partial charge in [-0.2, -0.15) is 0 Å². The summed E-state index contributed by atoms with van der Waals surface area (Å²) in [6.07, 6.45) is 0. The summed E-state index contributed by atoms with van der Waals surface area (Å²) >= 11 is 2.00. The number of hydrogen-bond acceptors (Lipinski definition) is 1. The van der Waals surface area contributed by atoms with Crippen LogP contribution in [0.3, 0.4) is 0 Å². The van der Waals surface area contributed by atoms with Gasteiger partial charge in [-0.15, -0.1) is 0 Å². The number of hydrogen-bond donors (Lipinski definition) is 0. The zero-order chi connectivity index (χ0) is 2.00. The van der Waals surface area contributed by atoms with Crippen LogP contribution in [0.4, 0.5) is 0 Å². The second-order valence-corrected chi connectivity index (χ2v) is 0. The van der Waals surface area contributed by atoms with Gasteiger partial charge in [-0.1, -0.05) is 0 Å². The fourth-order valence-corrected chi connectivity index (χ4v) is 0. The zero-order valence-electron chi connectivity index (χ0n) is 1.64. The normalized spacial score (nSPS) is 1.00. The molecule has 2 radical (unpaired) electrons. The molecular weight excluding hydrogens is 362 g/mol. The van der Waals surface area contributed by atoms with E-state index < -0.39 is 0 Å². The van der Waals surface area contributed by atoms with Crippen LogP contribution in [0.2, 0.25) is 0 Å². The third-order valence-corrected chi connectivity index (χ3v) is 0. The summed E-state index contributed by atoms with van der Waals surface area (Å²) in [6, 6.07) is 0. The fourth-order valence-electron chi connectivity index (χ4n) is 0. The molecule has 0 fully saturated rings. The van der Waals surface area contributed by atoms with Gasteiger partial charge in [0, 0.05) is 52.7 Å². The Kier molecular flexibility index (Phi) is 122. The molecule has 0 amide bonds. The van der Waals surface area contributed by atoms with Crippen molar-refractivity contribution in [2.24, 2.45) is 0 Å². The van der Waals surface area contributed by atoms with Crippen LogP contribution in [0.1, 0.15) is 0 Å². The van der Waals surface area contributed by atoms with Crippen LogP contribution in [0.25, 0.3) is 0 Å². The molecule has 0 spiro atoms. The van der Waals surface area contributed by atoms with Gasteiger partial charge in [0.15, 0.2) is 0 Å². The molecule has 0 bridgehead atoms. The Labute approximate surface area is 115 Å². The second kappa shape index (κ2) is 25.8. The van der Waals surface area contributed by atoms with E-state index in [0.717, 1.165) is 0 Å². The van der Waals surface area contributed by atoms with Gasteiger partial charge in [-0.05, 0) is 0 Å². The van der Waals surface area contributed by atoms with Crippen molar-refractivity contribution in [3.63, 3.8) is 0 Å². The van der Waals surface area contributed by atoms with Crippen LogP contribution in [0, 0.1) is 35.6 Å². The van der Waals surface area contributed by atoms with Gasteiger partial charge in [0.2, 0.25) is 0 Å². The average Bonchev–Trinajstić information content (AvgIpc) is 1.00. The van der Waals surface area contributed by atoms with E-state index in [4.69, 9.17) is 3.83 Å². The van der Waals surface area contributed by atoms with Crippen molar-refractivity contribution in [3.8, 4) is 0 Å². The predicted molar refractivity (Wildman–Crippen MR) is 9.23 cm³/mol. The second-order valence-electron chi connectivity index (χ2n) is 0. The summed E-state index contributed by atoms with van der Waals surface area (Å²) in [5.74, 6) is 0. The Balaban J connectivity index is -0.00000000167. The molecule has 0 rings (SSSR count). The van der Waals surface area contributed by atoms with Gasteiger partial charge in [-0.25, -0.2) is 0 Å². The van der Waals surface area contributed by atoms with E-state index >= 15 is 0 Å². The molecule has 5 heteroatoms. The molecule has 0 aromatic heterocycles. The van der Waals surface area contributed by atoms with E-state index in [1.807, 2.05) is 15.9 Å². The molecule has 0 N–H and O–H groups in total. The van der Waals surface area contributed by atoms with Crippen molar-refractivity contribution in [1.29, 1.82) is 0 Å². The van der Waals surface area contributed by atoms with E-state index in [0.29, 0.717) is 0 Å². The molecule has 0 aliphatic rings. The quantitative estimate of drug-likeness (QED) is 0.503. The third kappa shape index (κ3) is 18.5. The van der Waals surface area contributed by atoms with Crippen molar-refractivity contribution >= 4 is 45.5 Å². The van der Waals surface area contributed by atoms with Gasteiger partial charge < -0.3 is 0 Å². The molecule has 0 atom stereocenters. The van der Waals surface area contributed by atoms with E-state index in [-0.39, 0.29) is 98.1 Å². The van der Waals surface area contributed by atoms with E-state index in [9.17, 15) is 0 Å². The maximum atomic E-state index is 8.00. The molecule has 0 saturated carbocycles. The summed E-state index contributed by atoms with van der Waals surface area (Å²) in [7, 11) is 0. The van der Waals surface area contributed by atoms with Gasteiger partial charge in [0.05, 0.1) is 0 Å².